The summed E-state index contributed by atoms with van der Waals surface area (Å²) < 4.78 is 11.3. The Morgan fingerprint density at radius 1 is 1.39 bits per heavy atom. The molecule has 18 heavy (non-hydrogen) atoms. The molecule has 0 aromatic rings. The molecule has 0 aromatic carbocycles. The van der Waals surface area contributed by atoms with Crippen LogP contribution in [-0.4, -0.2) is 52.8 Å². The Bertz CT molecular complexity index is 280. The van der Waals surface area contributed by atoms with E-state index < -0.39 is 10.8 Å². The van der Waals surface area contributed by atoms with E-state index >= 15 is 0 Å². The molecule has 1 N–H and O–H groups in total. The molecule has 0 amide bonds. The van der Waals surface area contributed by atoms with Gasteiger partial charge in [-0.15, -0.1) is 0 Å². The zero-order valence-electron chi connectivity index (χ0n) is 12.1. The van der Waals surface area contributed by atoms with Crippen LogP contribution in [0.3, 0.4) is 0 Å². The molecule has 0 saturated carbocycles. The minimum atomic E-state index is -0.627. The first kappa shape index (κ1) is 15.9. The minimum absolute atomic E-state index is 0.627. The van der Waals surface area contributed by atoms with Gasteiger partial charge in [0.25, 0.3) is 0 Å². The molecule has 4 heteroatoms. The number of likely N-dealkylation sites (tertiary alicyclic amines) is 1. The number of piperidine rings is 1. The Labute approximate surface area is 114 Å². The van der Waals surface area contributed by atoms with E-state index in [4.69, 9.17) is 0 Å². The highest BCUT2D eigenvalue weighted by molar-refractivity contribution is 7.84. The summed E-state index contributed by atoms with van der Waals surface area (Å²) in [5, 5.41) is 3.54. The minimum Gasteiger partial charge on any atom is -0.313 e. The molecule has 1 aliphatic heterocycles. The van der Waals surface area contributed by atoms with Gasteiger partial charge in [-0.05, 0) is 39.8 Å². The lowest BCUT2D eigenvalue weighted by atomic mass is 10.1. The molecule has 1 aliphatic rings. The van der Waals surface area contributed by atoms with Gasteiger partial charge in [-0.1, -0.05) is 18.6 Å². The predicted octanol–water partition coefficient (Wildman–Crippen LogP) is 1.78. The van der Waals surface area contributed by atoms with Crippen molar-refractivity contribution in [1.29, 1.82) is 0 Å². The molecule has 3 nitrogen and oxygen atoms in total. The van der Waals surface area contributed by atoms with Crippen molar-refractivity contribution in [2.45, 2.75) is 39.7 Å². The normalized spacial score (nSPS) is 19.7. The molecular weight excluding hydrogens is 244 g/mol. The molecule has 0 spiro atoms. The average Bonchev–Trinajstić information content (AvgIpc) is 2.37. The van der Waals surface area contributed by atoms with E-state index in [0.717, 1.165) is 24.6 Å². The first-order chi connectivity index (χ1) is 8.61. The zero-order valence-corrected chi connectivity index (χ0v) is 12.9. The summed E-state index contributed by atoms with van der Waals surface area (Å²) in [6.45, 7) is 10.6. The Kier molecular flexibility index (Phi) is 7.79. The van der Waals surface area contributed by atoms with Gasteiger partial charge in [0.1, 0.15) is 0 Å². The summed E-state index contributed by atoms with van der Waals surface area (Å²) in [6.07, 6.45) is 4.74. The van der Waals surface area contributed by atoms with Crippen LogP contribution in [0.15, 0.2) is 11.6 Å². The van der Waals surface area contributed by atoms with Crippen molar-refractivity contribution in [3.05, 3.63) is 11.6 Å². The van der Waals surface area contributed by atoms with Gasteiger partial charge in [-0.25, -0.2) is 0 Å². The molecule has 1 rings (SSSR count). The van der Waals surface area contributed by atoms with Crippen LogP contribution in [0.1, 0.15) is 33.6 Å². The van der Waals surface area contributed by atoms with Gasteiger partial charge in [0, 0.05) is 41.4 Å². The molecule has 1 fully saturated rings. The van der Waals surface area contributed by atoms with E-state index in [1.54, 1.807) is 0 Å². The van der Waals surface area contributed by atoms with Crippen LogP contribution in [-0.2, 0) is 10.8 Å². The van der Waals surface area contributed by atoms with Gasteiger partial charge in [0.2, 0.25) is 0 Å². The topological polar surface area (TPSA) is 32.3 Å². The van der Waals surface area contributed by atoms with Crippen molar-refractivity contribution in [3.63, 3.8) is 0 Å². The summed E-state index contributed by atoms with van der Waals surface area (Å²) >= 11 is 0. The van der Waals surface area contributed by atoms with Gasteiger partial charge in [0.15, 0.2) is 0 Å². The fraction of sp³-hybridized carbons (Fsp3) is 0.857. The molecule has 0 bridgehead atoms. The molecule has 0 aromatic heterocycles. The summed E-state index contributed by atoms with van der Waals surface area (Å²) in [7, 11) is -0.627. The highest BCUT2D eigenvalue weighted by atomic mass is 32.2. The van der Waals surface area contributed by atoms with Gasteiger partial charge in [-0.3, -0.25) is 9.11 Å². The maximum absolute atomic E-state index is 11.3. The number of hydrogen-bond acceptors (Lipinski definition) is 3. The zero-order chi connectivity index (χ0) is 13.4. The number of rotatable bonds is 7. The van der Waals surface area contributed by atoms with Crippen LogP contribution < -0.4 is 5.32 Å². The summed E-state index contributed by atoms with van der Waals surface area (Å²) in [4.78, 5) is 2.51. The van der Waals surface area contributed by atoms with Gasteiger partial charge < -0.3 is 5.32 Å². The Morgan fingerprint density at radius 2 is 2.06 bits per heavy atom. The van der Waals surface area contributed by atoms with Crippen LogP contribution in [0.25, 0.3) is 0 Å². The first-order valence-corrected chi connectivity index (χ1v) is 8.54. The predicted molar refractivity (Wildman–Crippen MR) is 80.4 cm³/mol. The second-order valence-electron chi connectivity index (χ2n) is 5.24. The van der Waals surface area contributed by atoms with E-state index in [0.29, 0.717) is 6.04 Å². The van der Waals surface area contributed by atoms with Crippen LogP contribution in [0.2, 0.25) is 0 Å². The molecule has 1 atom stereocenters. The molecule has 1 unspecified atom stereocenters. The van der Waals surface area contributed by atoms with Crippen molar-refractivity contribution in [2.75, 3.05) is 37.7 Å². The molecule has 1 heterocycles. The lowest BCUT2D eigenvalue weighted by Gasteiger charge is -2.31. The first-order valence-electron chi connectivity index (χ1n) is 7.06. The Balaban J connectivity index is 2.11. The lowest BCUT2D eigenvalue weighted by molar-refractivity contribution is 0.216. The van der Waals surface area contributed by atoms with E-state index in [9.17, 15) is 4.21 Å². The lowest BCUT2D eigenvalue weighted by Crippen LogP contribution is -2.43. The third-order valence-corrected chi connectivity index (χ3v) is 4.73. The van der Waals surface area contributed by atoms with Crippen LogP contribution in [0.5, 0.6) is 0 Å². The monoisotopic (exact) mass is 272 g/mol. The van der Waals surface area contributed by atoms with E-state index in [1.807, 2.05) is 6.92 Å². The van der Waals surface area contributed by atoms with E-state index in [2.05, 4.69) is 30.1 Å². The van der Waals surface area contributed by atoms with E-state index in [1.165, 1.54) is 31.5 Å². The molecule has 0 aliphatic carbocycles. The highest BCUT2D eigenvalue weighted by Gasteiger charge is 2.17. The van der Waals surface area contributed by atoms with Crippen LogP contribution in [0, 0.1) is 0 Å². The summed E-state index contributed by atoms with van der Waals surface area (Å²) in [6, 6.07) is 0.627. The third kappa shape index (κ3) is 6.66. The standard InChI is InChI=1S/C14H28N2OS/c1-4-18(17)12-8-15-14-6-10-16(11-7-14)9-5-13(2)3/h5,14-15H,4,6-12H2,1-3H3. The van der Waals surface area contributed by atoms with Crippen LogP contribution in [0.4, 0.5) is 0 Å². The molecule has 106 valence electrons. The Morgan fingerprint density at radius 3 is 2.61 bits per heavy atom. The smallest absolute Gasteiger partial charge is 0.0360 e. The Hall–Kier alpha value is -0.190. The quantitative estimate of drug-likeness (QED) is 0.717. The SMILES string of the molecule is CCS(=O)CCNC1CCN(CC=C(C)C)CC1. The van der Waals surface area contributed by atoms with Crippen LogP contribution >= 0.6 is 0 Å². The van der Waals surface area contributed by atoms with Gasteiger partial charge in [0.05, 0.1) is 0 Å². The molecular formula is C14H28N2OS. The molecule has 0 radical (unpaired) electrons. The fourth-order valence-corrected chi connectivity index (χ4v) is 2.79. The maximum atomic E-state index is 11.3. The van der Waals surface area contributed by atoms with Gasteiger partial charge in [-0.2, -0.15) is 0 Å². The highest BCUT2D eigenvalue weighted by Crippen LogP contribution is 2.10. The fourth-order valence-electron chi connectivity index (χ4n) is 2.15. The summed E-state index contributed by atoms with van der Waals surface area (Å²) in [5.41, 5.74) is 1.40. The van der Waals surface area contributed by atoms with E-state index in [-0.39, 0.29) is 0 Å². The van der Waals surface area contributed by atoms with Crippen molar-refractivity contribution in [1.82, 2.24) is 10.2 Å². The largest absolute Gasteiger partial charge is 0.313 e. The van der Waals surface area contributed by atoms with Crippen molar-refractivity contribution < 1.29 is 4.21 Å². The van der Waals surface area contributed by atoms with Crippen molar-refractivity contribution in [3.8, 4) is 0 Å². The number of allylic oxidation sites excluding steroid dienone is 1. The number of nitrogens with one attached hydrogen (secondary N) is 1. The number of nitrogens with zero attached hydrogens (tertiary/aromatic N) is 1. The maximum Gasteiger partial charge on any atom is 0.0360 e. The third-order valence-electron chi connectivity index (χ3n) is 3.43. The summed E-state index contributed by atoms with van der Waals surface area (Å²) in [5.74, 6) is 1.58. The average molecular weight is 272 g/mol. The molecule has 1 saturated heterocycles. The number of hydrogen-bond donors (Lipinski definition) is 1. The van der Waals surface area contributed by atoms with Crippen molar-refractivity contribution in [2.24, 2.45) is 0 Å². The van der Waals surface area contributed by atoms with Crippen molar-refractivity contribution >= 4 is 10.8 Å². The second-order valence-corrected chi connectivity index (χ2v) is 7.11. The second kappa shape index (κ2) is 8.83. The van der Waals surface area contributed by atoms with Gasteiger partial charge >= 0.3 is 0 Å².